The van der Waals surface area contributed by atoms with Crippen molar-refractivity contribution in [1.82, 2.24) is 9.78 Å². The Bertz CT molecular complexity index is 509. The van der Waals surface area contributed by atoms with E-state index >= 15 is 0 Å². The van der Waals surface area contributed by atoms with Crippen LogP contribution in [0.4, 0.5) is 5.82 Å². The van der Waals surface area contributed by atoms with Crippen LogP contribution in [0.15, 0.2) is 30.3 Å². The Morgan fingerprint density at radius 3 is 2.39 bits per heavy atom. The molecule has 1 N–H and O–H groups in total. The number of nitrogens with one attached hydrogen (secondary N) is 1. The number of aryl methyl sites for hydroxylation is 1. The van der Waals surface area contributed by atoms with Crippen molar-refractivity contribution in [3.63, 3.8) is 0 Å². The van der Waals surface area contributed by atoms with E-state index in [2.05, 4.69) is 54.6 Å². The molecule has 0 atom stereocenters. The van der Waals surface area contributed by atoms with Gasteiger partial charge in [-0.15, -0.1) is 0 Å². The topological polar surface area (TPSA) is 29.9 Å². The number of benzene rings is 1. The van der Waals surface area contributed by atoms with Crippen LogP contribution < -0.4 is 5.32 Å². The highest BCUT2D eigenvalue weighted by molar-refractivity contribution is 5.63. The van der Waals surface area contributed by atoms with Crippen LogP contribution in [0.3, 0.4) is 0 Å². The van der Waals surface area contributed by atoms with Crippen LogP contribution in [-0.2, 0) is 13.5 Å². The Balaban J connectivity index is 2.25. The second kappa shape index (κ2) is 5.25. The molecule has 1 heterocycles. The van der Waals surface area contributed by atoms with Gasteiger partial charge in [0.25, 0.3) is 0 Å². The molecular weight excluding hydrogens is 222 g/mol. The summed E-state index contributed by atoms with van der Waals surface area (Å²) in [5.41, 5.74) is 3.74. The van der Waals surface area contributed by atoms with Crippen LogP contribution in [0, 0.1) is 5.92 Å². The van der Waals surface area contributed by atoms with E-state index in [-0.39, 0.29) is 0 Å². The Labute approximate surface area is 109 Å². The first-order valence-corrected chi connectivity index (χ1v) is 6.41. The number of nitrogens with zero attached hydrogens (tertiary/aromatic N) is 2. The zero-order chi connectivity index (χ0) is 13.1. The molecule has 0 aliphatic carbocycles. The van der Waals surface area contributed by atoms with E-state index in [4.69, 9.17) is 0 Å². The SMILES string of the molecule is CNc1cc(-c2ccc(CC(C)C)cc2)n(C)n1. The average Bonchev–Trinajstić information content (AvgIpc) is 2.71. The maximum Gasteiger partial charge on any atom is 0.148 e. The molecule has 18 heavy (non-hydrogen) atoms. The van der Waals surface area contributed by atoms with Gasteiger partial charge in [-0.1, -0.05) is 38.1 Å². The van der Waals surface area contributed by atoms with Crippen LogP contribution in [0.2, 0.25) is 0 Å². The van der Waals surface area contributed by atoms with Gasteiger partial charge in [-0.25, -0.2) is 0 Å². The monoisotopic (exact) mass is 243 g/mol. The van der Waals surface area contributed by atoms with Crippen LogP contribution in [0.5, 0.6) is 0 Å². The Kier molecular flexibility index (Phi) is 3.70. The molecule has 96 valence electrons. The molecule has 0 amide bonds. The third-order valence-corrected chi connectivity index (χ3v) is 3.03. The number of anilines is 1. The fourth-order valence-electron chi connectivity index (χ4n) is 2.14. The predicted octanol–water partition coefficient (Wildman–Crippen LogP) is 3.33. The van der Waals surface area contributed by atoms with Crippen LogP contribution in [0.1, 0.15) is 19.4 Å². The largest absolute Gasteiger partial charge is 0.372 e. The Morgan fingerprint density at radius 1 is 1.22 bits per heavy atom. The summed E-state index contributed by atoms with van der Waals surface area (Å²) in [6, 6.07) is 10.8. The van der Waals surface area contributed by atoms with E-state index in [1.807, 2.05) is 18.8 Å². The molecular formula is C15H21N3. The first-order chi connectivity index (χ1) is 8.60. The van der Waals surface area contributed by atoms with Gasteiger partial charge in [-0.2, -0.15) is 5.10 Å². The summed E-state index contributed by atoms with van der Waals surface area (Å²) >= 11 is 0. The minimum Gasteiger partial charge on any atom is -0.372 e. The van der Waals surface area contributed by atoms with E-state index in [0.717, 1.165) is 17.9 Å². The summed E-state index contributed by atoms with van der Waals surface area (Å²) in [7, 11) is 3.86. The highest BCUT2D eigenvalue weighted by atomic mass is 15.3. The molecule has 0 fully saturated rings. The maximum atomic E-state index is 4.38. The lowest BCUT2D eigenvalue weighted by Crippen LogP contribution is -1.96. The second-order valence-corrected chi connectivity index (χ2v) is 5.08. The second-order valence-electron chi connectivity index (χ2n) is 5.08. The third-order valence-electron chi connectivity index (χ3n) is 3.03. The van der Waals surface area contributed by atoms with Crippen molar-refractivity contribution < 1.29 is 0 Å². The van der Waals surface area contributed by atoms with Crippen molar-refractivity contribution in [3.05, 3.63) is 35.9 Å². The molecule has 0 unspecified atom stereocenters. The van der Waals surface area contributed by atoms with Crippen molar-refractivity contribution in [2.24, 2.45) is 13.0 Å². The first kappa shape index (κ1) is 12.7. The fourth-order valence-corrected chi connectivity index (χ4v) is 2.14. The van der Waals surface area contributed by atoms with Crippen LogP contribution >= 0.6 is 0 Å². The minimum atomic E-state index is 0.698. The van der Waals surface area contributed by atoms with E-state index in [1.54, 1.807) is 0 Å². The zero-order valence-corrected chi connectivity index (χ0v) is 11.6. The molecule has 2 aromatic rings. The summed E-state index contributed by atoms with van der Waals surface area (Å²) in [6.07, 6.45) is 1.13. The van der Waals surface area contributed by atoms with Gasteiger partial charge in [0.2, 0.25) is 0 Å². The van der Waals surface area contributed by atoms with Crippen LogP contribution in [0.25, 0.3) is 11.3 Å². The molecule has 3 nitrogen and oxygen atoms in total. The highest BCUT2D eigenvalue weighted by Gasteiger charge is 2.06. The van der Waals surface area contributed by atoms with Gasteiger partial charge in [0.15, 0.2) is 0 Å². The smallest absolute Gasteiger partial charge is 0.148 e. The normalized spacial score (nSPS) is 10.9. The summed E-state index contributed by atoms with van der Waals surface area (Å²) in [5.74, 6) is 1.60. The zero-order valence-electron chi connectivity index (χ0n) is 11.6. The minimum absolute atomic E-state index is 0.698. The maximum absolute atomic E-state index is 4.38. The Hall–Kier alpha value is -1.77. The van der Waals surface area contributed by atoms with Crippen molar-refractivity contribution in [3.8, 4) is 11.3 Å². The molecule has 2 rings (SSSR count). The molecule has 0 bridgehead atoms. The summed E-state index contributed by atoms with van der Waals surface area (Å²) in [6.45, 7) is 4.49. The lowest BCUT2D eigenvalue weighted by molar-refractivity contribution is 0.647. The van der Waals surface area contributed by atoms with E-state index < -0.39 is 0 Å². The van der Waals surface area contributed by atoms with Crippen LogP contribution in [-0.4, -0.2) is 16.8 Å². The molecule has 1 aromatic carbocycles. The average molecular weight is 243 g/mol. The predicted molar refractivity (Wildman–Crippen MR) is 76.7 cm³/mol. The molecule has 0 spiro atoms. The van der Waals surface area contributed by atoms with Crippen molar-refractivity contribution in [1.29, 1.82) is 0 Å². The number of hydrogen-bond acceptors (Lipinski definition) is 2. The highest BCUT2D eigenvalue weighted by Crippen LogP contribution is 2.22. The lowest BCUT2D eigenvalue weighted by Gasteiger charge is -2.06. The lowest BCUT2D eigenvalue weighted by atomic mass is 10.0. The quantitative estimate of drug-likeness (QED) is 0.892. The van der Waals surface area contributed by atoms with E-state index in [0.29, 0.717) is 5.92 Å². The van der Waals surface area contributed by atoms with Crippen molar-refractivity contribution >= 4 is 5.82 Å². The number of hydrogen-bond donors (Lipinski definition) is 1. The van der Waals surface area contributed by atoms with Gasteiger partial charge >= 0.3 is 0 Å². The van der Waals surface area contributed by atoms with E-state index in [1.165, 1.54) is 11.1 Å². The van der Waals surface area contributed by atoms with Crippen molar-refractivity contribution in [2.45, 2.75) is 20.3 Å². The molecule has 1 aromatic heterocycles. The standard InChI is InChI=1S/C15H21N3/c1-11(2)9-12-5-7-13(8-6-12)14-10-15(16-3)17-18(14)4/h5-8,10-11H,9H2,1-4H3,(H,16,17). The third kappa shape index (κ3) is 2.73. The molecule has 0 aliphatic heterocycles. The van der Waals surface area contributed by atoms with Gasteiger partial charge in [0, 0.05) is 20.2 Å². The number of rotatable bonds is 4. The summed E-state index contributed by atoms with van der Waals surface area (Å²) < 4.78 is 1.91. The summed E-state index contributed by atoms with van der Waals surface area (Å²) in [4.78, 5) is 0. The Morgan fingerprint density at radius 2 is 1.89 bits per heavy atom. The van der Waals surface area contributed by atoms with Gasteiger partial charge in [0.1, 0.15) is 5.82 Å². The van der Waals surface area contributed by atoms with Gasteiger partial charge in [-0.3, -0.25) is 4.68 Å². The number of aromatic nitrogens is 2. The van der Waals surface area contributed by atoms with E-state index in [9.17, 15) is 0 Å². The summed E-state index contributed by atoms with van der Waals surface area (Å²) in [5, 5.41) is 7.45. The van der Waals surface area contributed by atoms with Gasteiger partial charge < -0.3 is 5.32 Å². The molecule has 0 aliphatic rings. The van der Waals surface area contributed by atoms with Crippen molar-refractivity contribution in [2.75, 3.05) is 12.4 Å². The first-order valence-electron chi connectivity index (χ1n) is 6.41. The molecule has 0 saturated carbocycles. The van der Waals surface area contributed by atoms with Gasteiger partial charge in [0.05, 0.1) is 5.69 Å². The molecule has 0 saturated heterocycles. The van der Waals surface area contributed by atoms with Gasteiger partial charge in [-0.05, 0) is 23.5 Å². The molecule has 0 radical (unpaired) electrons. The molecule has 3 heteroatoms. The fraction of sp³-hybridized carbons (Fsp3) is 0.400.